The third kappa shape index (κ3) is 3.51. The number of tetrazole rings is 1. The quantitative estimate of drug-likeness (QED) is 0.177. The van der Waals surface area contributed by atoms with Crippen LogP contribution in [-0.4, -0.2) is 44.8 Å². The number of hydrogen-bond acceptors (Lipinski definition) is 11. The fourth-order valence-electron chi connectivity index (χ4n) is 2.81. The number of aromatic nitrogens is 9. The van der Waals surface area contributed by atoms with E-state index in [0.717, 1.165) is 4.68 Å². The zero-order valence-corrected chi connectivity index (χ0v) is 15.0. The van der Waals surface area contributed by atoms with E-state index in [1.54, 1.807) is 0 Å². The van der Waals surface area contributed by atoms with Crippen molar-refractivity contribution in [1.82, 2.24) is 50.2 Å². The van der Waals surface area contributed by atoms with E-state index in [4.69, 9.17) is 11.6 Å². The van der Waals surface area contributed by atoms with E-state index in [0.29, 0.717) is 29.7 Å². The number of allylic oxidation sites excluding steroid dienone is 1. The van der Waals surface area contributed by atoms with E-state index >= 15 is 0 Å². The Kier molecular flexibility index (Phi) is 4.66. The van der Waals surface area contributed by atoms with E-state index in [-0.39, 0.29) is 23.0 Å². The van der Waals surface area contributed by atoms with Crippen molar-refractivity contribution in [2.24, 2.45) is 11.6 Å². The van der Waals surface area contributed by atoms with Gasteiger partial charge in [-0.15, -0.1) is 15.3 Å². The fraction of sp³-hybridized carbons (Fsp3) is 0.200. The number of benzene rings is 1. The Morgan fingerprint density at radius 1 is 1.10 bits per heavy atom. The minimum atomic E-state index is -0.409. The summed E-state index contributed by atoms with van der Waals surface area (Å²) in [6.45, 7) is 0.678. The SMILES string of the molecule is NN/C=C(\N)Cn1nnc2cc3c(=O)n(CCn4ncnn4)cnc3cc2c1=O. The normalized spacial score (nSPS) is 12.0. The van der Waals surface area contributed by atoms with Crippen LogP contribution in [0.25, 0.3) is 21.8 Å². The summed E-state index contributed by atoms with van der Waals surface area (Å²) in [5.74, 6) is 5.17. The molecular formula is C15H16N12O2. The molecule has 4 rings (SSSR count). The Morgan fingerprint density at radius 2 is 1.90 bits per heavy atom. The first-order valence-electron chi connectivity index (χ1n) is 8.45. The molecule has 3 heterocycles. The monoisotopic (exact) mass is 396 g/mol. The minimum Gasteiger partial charge on any atom is -0.399 e. The van der Waals surface area contributed by atoms with Crippen molar-refractivity contribution in [2.45, 2.75) is 19.6 Å². The molecule has 14 heteroatoms. The molecular weight excluding hydrogens is 380 g/mol. The third-order valence-electron chi connectivity index (χ3n) is 4.20. The van der Waals surface area contributed by atoms with Gasteiger partial charge in [-0.05, 0) is 17.3 Å². The average molecular weight is 396 g/mol. The van der Waals surface area contributed by atoms with Crippen LogP contribution in [0.1, 0.15) is 0 Å². The van der Waals surface area contributed by atoms with E-state index in [1.165, 1.54) is 40.4 Å². The van der Waals surface area contributed by atoms with E-state index < -0.39 is 5.56 Å². The molecule has 0 unspecified atom stereocenters. The summed E-state index contributed by atoms with van der Waals surface area (Å²) in [7, 11) is 0. The van der Waals surface area contributed by atoms with Crippen molar-refractivity contribution in [3.8, 4) is 0 Å². The summed E-state index contributed by atoms with van der Waals surface area (Å²) in [5.41, 5.74) is 8.31. The Hall–Kier alpha value is -4.20. The number of fused-ring (bicyclic) bond motifs is 2. The predicted octanol–water partition coefficient (Wildman–Crippen LogP) is -2.55. The minimum absolute atomic E-state index is 0.00928. The molecule has 0 saturated carbocycles. The van der Waals surface area contributed by atoms with Crippen molar-refractivity contribution in [3.05, 3.63) is 57.4 Å². The van der Waals surface area contributed by atoms with Crippen LogP contribution in [-0.2, 0) is 19.6 Å². The Bertz CT molecular complexity index is 1320. The summed E-state index contributed by atoms with van der Waals surface area (Å²) < 4.78 is 2.53. The van der Waals surface area contributed by atoms with Crippen LogP contribution in [0.2, 0.25) is 0 Å². The largest absolute Gasteiger partial charge is 0.399 e. The molecule has 0 aliphatic carbocycles. The lowest BCUT2D eigenvalue weighted by atomic mass is 10.2. The number of aryl methyl sites for hydroxylation is 2. The van der Waals surface area contributed by atoms with Gasteiger partial charge in [-0.2, -0.15) is 4.80 Å². The highest BCUT2D eigenvalue weighted by Crippen LogP contribution is 2.14. The molecule has 0 aliphatic rings. The molecule has 0 atom stereocenters. The predicted molar refractivity (Wildman–Crippen MR) is 101 cm³/mol. The number of hydrazine groups is 1. The number of hydrogen-bond donors (Lipinski definition) is 3. The molecule has 0 saturated heterocycles. The molecule has 4 aromatic rings. The fourth-order valence-corrected chi connectivity index (χ4v) is 2.81. The lowest BCUT2D eigenvalue weighted by Gasteiger charge is -2.08. The summed E-state index contributed by atoms with van der Waals surface area (Å²) in [5, 5.41) is 19.8. The van der Waals surface area contributed by atoms with Crippen molar-refractivity contribution >= 4 is 21.8 Å². The summed E-state index contributed by atoms with van der Waals surface area (Å²) in [6, 6.07) is 3.02. The molecule has 0 bridgehead atoms. The third-order valence-corrected chi connectivity index (χ3v) is 4.20. The van der Waals surface area contributed by atoms with Crippen molar-refractivity contribution in [2.75, 3.05) is 0 Å². The zero-order valence-electron chi connectivity index (χ0n) is 15.0. The molecule has 0 aliphatic heterocycles. The molecule has 148 valence electrons. The second-order valence-corrected chi connectivity index (χ2v) is 6.10. The molecule has 3 aromatic heterocycles. The van der Waals surface area contributed by atoms with Crippen LogP contribution < -0.4 is 28.1 Å². The molecule has 0 fully saturated rings. The van der Waals surface area contributed by atoms with E-state index in [9.17, 15) is 9.59 Å². The maximum atomic E-state index is 12.8. The van der Waals surface area contributed by atoms with Gasteiger partial charge in [0.15, 0.2) is 6.33 Å². The Morgan fingerprint density at radius 3 is 2.66 bits per heavy atom. The number of nitrogens with zero attached hydrogens (tertiary/aromatic N) is 9. The topological polar surface area (TPSA) is 190 Å². The van der Waals surface area contributed by atoms with Gasteiger partial charge in [0, 0.05) is 18.4 Å². The number of rotatable bonds is 6. The van der Waals surface area contributed by atoms with Crippen LogP contribution in [0.15, 0.2) is 46.3 Å². The van der Waals surface area contributed by atoms with Crippen LogP contribution in [0.3, 0.4) is 0 Å². The summed E-state index contributed by atoms with van der Waals surface area (Å²) in [4.78, 5) is 31.1. The van der Waals surface area contributed by atoms with Crippen LogP contribution in [0.4, 0.5) is 0 Å². The highest BCUT2D eigenvalue weighted by atomic mass is 16.1. The maximum Gasteiger partial charge on any atom is 0.278 e. The van der Waals surface area contributed by atoms with E-state index in [1.807, 2.05) is 0 Å². The van der Waals surface area contributed by atoms with Gasteiger partial charge in [0.05, 0.1) is 35.7 Å². The van der Waals surface area contributed by atoms with Crippen molar-refractivity contribution in [1.29, 1.82) is 0 Å². The van der Waals surface area contributed by atoms with Gasteiger partial charge in [0.2, 0.25) is 0 Å². The summed E-state index contributed by atoms with van der Waals surface area (Å²) in [6.07, 6.45) is 4.07. The van der Waals surface area contributed by atoms with Crippen LogP contribution >= 0.6 is 0 Å². The van der Waals surface area contributed by atoms with Gasteiger partial charge < -0.3 is 11.2 Å². The second kappa shape index (κ2) is 7.43. The smallest absolute Gasteiger partial charge is 0.278 e. The van der Waals surface area contributed by atoms with Gasteiger partial charge in [-0.1, -0.05) is 5.21 Å². The standard InChI is InChI=1S/C15H16N12O2/c16-9(5-19-17)6-26-15(29)11-3-12-10(4-13(11)22-24-26)14(28)25(8-18-12)1-2-27-21-7-20-23-27/h3-5,7-8,19H,1-2,6,16-17H2/b9-5-. The second-order valence-electron chi connectivity index (χ2n) is 6.10. The highest BCUT2D eigenvalue weighted by molar-refractivity contribution is 5.93. The summed E-state index contributed by atoms with van der Waals surface area (Å²) >= 11 is 0. The first-order chi connectivity index (χ1) is 14.1. The van der Waals surface area contributed by atoms with E-state index in [2.05, 4.69) is 36.1 Å². The molecule has 29 heavy (non-hydrogen) atoms. The van der Waals surface area contributed by atoms with Crippen LogP contribution in [0, 0.1) is 0 Å². The average Bonchev–Trinajstić information content (AvgIpc) is 3.23. The first kappa shape index (κ1) is 18.2. The molecule has 0 radical (unpaired) electrons. The Labute approximate surface area is 161 Å². The first-order valence-corrected chi connectivity index (χ1v) is 8.45. The van der Waals surface area contributed by atoms with Gasteiger partial charge in [0.1, 0.15) is 5.52 Å². The van der Waals surface area contributed by atoms with Gasteiger partial charge in [-0.25, -0.2) is 9.67 Å². The van der Waals surface area contributed by atoms with Crippen molar-refractivity contribution < 1.29 is 0 Å². The van der Waals surface area contributed by atoms with Gasteiger partial charge in [0.25, 0.3) is 11.1 Å². The number of nitrogens with one attached hydrogen (secondary N) is 1. The van der Waals surface area contributed by atoms with Crippen LogP contribution in [0.5, 0.6) is 0 Å². The molecule has 0 amide bonds. The maximum absolute atomic E-state index is 12.8. The Balaban J connectivity index is 1.74. The molecule has 5 N–H and O–H groups in total. The lowest BCUT2D eigenvalue weighted by molar-refractivity contribution is 0.464. The highest BCUT2D eigenvalue weighted by Gasteiger charge is 2.12. The molecule has 0 spiro atoms. The molecule has 14 nitrogen and oxygen atoms in total. The van der Waals surface area contributed by atoms with Crippen molar-refractivity contribution in [3.63, 3.8) is 0 Å². The lowest BCUT2D eigenvalue weighted by Crippen LogP contribution is -2.28. The molecule has 1 aromatic carbocycles. The van der Waals surface area contributed by atoms with Gasteiger partial charge in [-0.3, -0.25) is 20.0 Å². The zero-order chi connectivity index (χ0) is 20.4. The number of nitrogens with two attached hydrogens (primary N) is 2. The van der Waals surface area contributed by atoms with Gasteiger partial charge >= 0.3 is 0 Å².